The first kappa shape index (κ1) is 24.2. The lowest BCUT2D eigenvalue weighted by atomic mass is 10.1. The lowest BCUT2D eigenvalue weighted by Gasteiger charge is -2.09. The van der Waals surface area contributed by atoms with Crippen molar-refractivity contribution in [2.75, 3.05) is 0 Å². The maximum atomic E-state index is 11.3. The SMILES string of the molecule is Cc1ccc(-n2c(C)c3c(C)nn4c(N=Nc5cccc([N+](=O)[O-])c5)c(-c5ccccc5)cc4c3c2C)cc1. The van der Waals surface area contributed by atoms with Crippen molar-refractivity contribution in [1.82, 2.24) is 14.2 Å². The van der Waals surface area contributed by atoms with Crippen molar-refractivity contribution in [3.8, 4) is 16.8 Å². The van der Waals surface area contributed by atoms with E-state index in [0.717, 1.165) is 50.2 Å². The summed E-state index contributed by atoms with van der Waals surface area (Å²) in [7, 11) is 0. The molecule has 0 N–H and O–H groups in total. The molecule has 39 heavy (non-hydrogen) atoms. The van der Waals surface area contributed by atoms with Crippen molar-refractivity contribution >= 4 is 33.5 Å². The summed E-state index contributed by atoms with van der Waals surface area (Å²) in [4.78, 5) is 10.8. The van der Waals surface area contributed by atoms with Gasteiger partial charge >= 0.3 is 0 Å². The van der Waals surface area contributed by atoms with Gasteiger partial charge in [-0.15, -0.1) is 10.2 Å². The Labute approximate surface area is 225 Å². The normalized spacial score (nSPS) is 11.7. The molecule has 0 radical (unpaired) electrons. The zero-order valence-corrected chi connectivity index (χ0v) is 22.1. The minimum Gasteiger partial charge on any atom is -0.317 e. The van der Waals surface area contributed by atoms with Crippen LogP contribution >= 0.6 is 0 Å². The van der Waals surface area contributed by atoms with Crippen LogP contribution in [-0.2, 0) is 0 Å². The molecule has 0 atom stereocenters. The predicted octanol–water partition coefficient (Wildman–Crippen LogP) is 8.50. The van der Waals surface area contributed by atoms with Gasteiger partial charge in [0.25, 0.3) is 5.69 Å². The van der Waals surface area contributed by atoms with Gasteiger partial charge in [-0.25, -0.2) is 4.52 Å². The van der Waals surface area contributed by atoms with Crippen LogP contribution in [0.25, 0.3) is 33.1 Å². The van der Waals surface area contributed by atoms with Gasteiger partial charge in [0.15, 0.2) is 5.82 Å². The van der Waals surface area contributed by atoms with E-state index in [9.17, 15) is 10.1 Å². The molecule has 0 aliphatic carbocycles. The number of rotatable bonds is 5. The summed E-state index contributed by atoms with van der Waals surface area (Å²) in [6, 6.07) is 26.8. The van der Waals surface area contributed by atoms with Crippen LogP contribution in [0.1, 0.15) is 22.6 Å². The molecule has 0 saturated heterocycles. The minimum atomic E-state index is -0.438. The second kappa shape index (κ2) is 9.33. The molecule has 192 valence electrons. The first-order chi connectivity index (χ1) is 18.8. The third-order valence-electron chi connectivity index (χ3n) is 7.14. The molecular formula is C31H26N6O2. The van der Waals surface area contributed by atoms with Gasteiger partial charge in [0, 0.05) is 45.5 Å². The van der Waals surface area contributed by atoms with Crippen LogP contribution in [0.15, 0.2) is 95.2 Å². The van der Waals surface area contributed by atoms with E-state index >= 15 is 0 Å². The van der Waals surface area contributed by atoms with Gasteiger partial charge < -0.3 is 4.57 Å². The summed E-state index contributed by atoms with van der Waals surface area (Å²) in [5.41, 5.74) is 8.58. The summed E-state index contributed by atoms with van der Waals surface area (Å²) in [5.74, 6) is 0.563. The fourth-order valence-electron chi connectivity index (χ4n) is 5.34. The summed E-state index contributed by atoms with van der Waals surface area (Å²) >= 11 is 0. The average Bonchev–Trinajstić information content (AvgIpc) is 3.43. The van der Waals surface area contributed by atoms with E-state index in [1.54, 1.807) is 12.1 Å². The van der Waals surface area contributed by atoms with Crippen LogP contribution in [0.4, 0.5) is 17.2 Å². The third-order valence-corrected chi connectivity index (χ3v) is 7.14. The number of nitrogens with zero attached hydrogens (tertiary/aromatic N) is 6. The zero-order valence-electron chi connectivity index (χ0n) is 22.1. The van der Waals surface area contributed by atoms with Gasteiger partial charge in [-0.3, -0.25) is 10.1 Å². The highest BCUT2D eigenvalue weighted by Crippen LogP contribution is 2.40. The molecule has 0 aliphatic rings. The summed E-state index contributed by atoms with van der Waals surface area (Å²) in [5, 5.41) is 27.5. The standard InChI is InChI=1S/C31H26N6O2/c1-19-13-15-25(16-14-19)35-21(3)29-20(2)34-36-28(30(29)22(35)4)18-27(23-9-6-5-7-10-23)31(36)33-32-24-11-8-12-26(17-24)37(38)39/h5-18H,1-4H3. The lowest BCUT2D eigenvalue weighted by Crippen LogP contribution is -1.98. The van der Waals surface area contributed by atoms with E-state index in [2.05, 4.69) is 65.9 Å². The zero-order chi connectivity index (χ0) is 27.3. The fourth-order valence-corrected chi connectivity index (χ4v) is 5.34. The number of nitro groups is 1. The quantitative estimate of drug-likeness (QED) is 0.131. The Morgan fingerprint density at radius 2 is 1.51 bits per heavy atom. The van der Waals surface area contributed by atoms with Gasteiger partial charge in [-0.2, -0.15) is 5.10 Å². The monoisotopic (exact) mass is 514 g/mol. The number of nitro benzene ring substituents is 1. The number of hydrogen-bond donors (Lipinski definition) is 0. The Balaban J connectivity index is 1.63. The molecule has 8 heteroatoms. The predicted molar refractivity (Wildman–Crippen MR) is 154 cm³/mol. The molecule has 8 nitrogen and oxygen atoms in total. The topological polar surface area (TPSA) is 90.1 Å². The van der Waals surface area contributed by atoms with Crippen LogP contribution in [0, 0.1) is 37.8 Å². The molecule has 3 heterocycles. The third kappa shape index (κ3) is 4.06. The van der Waals surface area contributed by atoms with Gasteiger partial charge in [-0.05, 0) is 57.5 Å². The highest BCUT2D eigenvalue weighted by atomic mass is 16.6. The van der Waals surface area contributed by atoms with E-state index in [0.29, 0.717) is 11.5 Å². The molecule has 3 aromatic heterocycles. The van der Waals surface area contributed by atoms with E-state index in [-0.39, 0.29) is 5.69 Å². The number of fused-ring (bicyclic) bond motifs is 3. The number of benzene rings is 3. The number of hydrogen-bond acceptors (Lipinski definition) is 5. The molecule has 0 spiro atoms. The van der Waals surface area contributed by atoms with Gasteiger partial charge in [-0.1, -0.05) is 54.1 Å². The van der Waals surface area contributed by atoms with Crippen LogP contribution in [0.2, 0.25) is 0 Å². The summed E-state index contributed by atoms with van der Waals surface area (Å²) < 4.78 is 4.12. The van der Waals surface area contributed by atoms with Crippen molar-refractivity contribution in [2.24, 2.45) is 10.2 Å². The molecule has 0 saturated carbocycles. The maximum absolute atomic E-state index is 11.3. The van der Waals surface area contributed by atoms with E-state index in [1.165, 1.54) is 17.7 Å². The number of azo groups is 1. The molecule has 0 amide bonds. The molecule has 0 unspecified atom stereocenters. The average molecular weight is 515 g/mol. The second-order valence-corrected chi connectivity index (χ2v) is 9.70. The van der Waals surface area contributed by atoms with E-state index in [1.807, 2.05) is 41.8 Å². The molecule has 0 fully saturated rings. The maximum Gasteiger partial charge on any atom is 0.271 e. The van der Waals surface area contributed by atoms with Crippen molar-refractivity contribution < 1.29 is 4.92 Å². The lowest BCUT2D eigenvalue weighted by molar-refractivity contribution is -0.384. The van der Waals surface area contributed by atoms with E-state index in [4.69, 9.17) is 5.10 Å². The highest BCUT2D eigenvalue weighted by molar-refractivity contribution is 6.04. The Bertz CT molecular complexity index is 1920. The summed E-state index contributed by atoms with van der Waals surface area (Å²) in [6.07, 6.45) is 0. The molecule has 6 aromatic rings. The number of aryl methyl sites for hydroxylation is 4. The van der Waals surface area contributed by atoms with Crippen LogP contribution < -0.4 is 0 Å². The van der Waals surface area contributed by atoms with Gasteiger partial charge in [0.2, 0.25) is 0 Å². The van der Waals surface area contributed by atoms with Crippen LogP contribution in [-0.4, -0.2) is 19.1 Å². The van der Waals surface area contributed by atoms with E-state index < -0.39 is 4.92 Å². The smallest absolute Gasteiger partial charge is 0.271 e. The first-order valence-electron chi connectivity index (χ1n) is 12.7. The van der Waals surface area contributed by atoms with Crippen molar-refractivity contribution in [3.63, 3.8) is 0 Å². The molecule has 3 aromatic carbocycles. The minimum absolute atomic E-state index is 0.0334. The number of aromatic nitrogens is 3. The van der Waals surface area contributed by atoms with Crippen molar-refractivity contribution in [2.45, 2.75) is 27.7 Å². The molecule has 0 aliphatic heterocycles. The largest absolute Gasteiger partial charge is 0.317 e. The Morgan fingerprint density at radius 3 is 2.23 bits per heavy atom. The second-order valence-electron chi connectivity index (χ2n) is 9.70. The Kier molecular flexibility index (Phi) is 5.80. The molecule has 6 rings (SSSR count). The Hall–Kier alpha value is -5.11. The van der Waals surface area contributed by atoms with Crippen LogP contribution in [0.3, 0.4) is 0 Å². The number of non-ortho nitro benzene ring substituents is 1. The van der Waals surface area contributed by atoms with Crippen LogP contribution in [0.5, 0.6) is 0 Å². The van der Waals surface area contributed by atoms with Crippen molar-refractivity contribution in [3.05, 3.63) is 118 Å². The Morgan fingerprint density at radius 1 is 0.795 bits per heavy atom. The highest BCUT2D eigenvalue weighted by Gasteiger charge is 2.22. The molecular weight excluding hydrogens is 488 g/mol. The fraction of sp³-hybridized carbons (Fsp3) is 0.129. The first-order valence-corrected chi connectivity index (χ1v) is 12.7. The summed E-state index contributed by atoms with van der Waals surface area (Å²) in [6.45, 7) is 8.36. The van der Waals surface area contributed by atoms with Gasteiger partial charge in [0.1, 0.15) is 0 Å². The molecule has 0 bridgehead atoms. The van der Waals surface area contributed by atoms with Gasteiger partial charge in [0.05, 0.1) is 21.8 Å². The van der Waals surface area contributed by atoms with Crippen molar-refractivity contribution in [1.29, 1.82) is 0 Å².